The van der Waals surface area contributed by atoms with Crippen LogP contribution < -0.4 is 0 Å². The van der Waals surface area contributed by atoms with Crippen LogP contribution in [0.2, 0.25) is 0 Å². The van der Waals surface area contributed by atoms with Crippen molar-refractivity contribution in [2.75, 3.05) is 13.1 Å². The first kappa shape index (κ1) is 18.6. The van der Waals surface area contributed by atoms with Gasteiger partial charge in [-0.1, -0.05) is 50.5 Å². The van der Waals surface area contributed by atoms with Crippen LogP contribution in [0, 0.1) is 5.92 Å². The molecule has 0 aromatic heterocycles. The first-order valence-corrected chi connectivity index (χ1v) is 10.2. The molecule has 1 aliphatic heterocycles. The van der Waals surface area contributed by atoms with Crippen molar-refractivity contribution in [2.24, 2.45) is 5.92 Å². The Balaban J connectivity index is 1.54. The molecule has 0 bridgehead atoms. The monoisotopic (exact) mass is 375 g/mol. The average molecular weight is 375 g/mol. The molecule has 2 aliphatic rings. The molecule has 1 saturated heterocycles. The number of hydrogen-bond donors (Lipinski definition) is 0. The minimum Gasteiger partial charge on any atom is -0.339 e. The molecule has 1 amide bonds. The summed E-state index contributed by atoms with van der Waals surface area (Å²) in [6.07, 6.45) is 5.79. The zero-order chi connectivity index (χ0) is 19.7. The Morgan fingerprint density at radius 3 is 2.18 bits per heavy atom. The van der Waals surface area contributed by atoms with Crippen molar-refractivity contribution in [1.29, 1.82) is 0 Å². The molecule has 0 radical (unpaired) electrons. The summed E-state index contributed by atoms with van der Waals surface area (Å²) in [6, 6.07) is 11.8. The second-order valence-electron chi connectivity index (χ2n) is 7.84. The highest BCUT2D eigenvalue weighted by Crippen LogP contribution is 2.29. The normalized spacial score (nSPS) is 16.7. The lowest BCUT2D eigenvalue weighted by Crippen LogP contribution is -2.38. The van der Waals surface area contributed by atoms with Crippen molar-refractivity contribution in [1.82, 2.24) is 4.90 Å². The van der Waals surface area contributed by atoms with Crippen LogP contribution in [0.1, 0.15) is 81.2 Å². The van der Waals surface area contributed by atoms with Crippen molar-refractivity contribution in [3.8, 4) is 0 Å². The van der Waals surface area contributed by atoms with Crippen LogP contribution >= 0.6 is 0 Å². The fourth-order valence-electron chi connectivity index (χ4n) is 4.33. The molecule has 0 unspecified atom stereocenters. The molecule has 1 aliphatic carbocycles. The van der Waals surface area contributed by atoms with Gasteiger partial charge in [-0.25, -0.2) is 0 Å². The molecule has 0 spiro atoms. The Hall–Kier alpha value is -2.75. The maximum absolute atomic E-state index is 13.0. The molecule has 4 rings (SSSR count). The van der Waals surface area contributed by atoms with Crippen LogP contribution in [-0.4, -0.2) is 35.5 Å². The summed E-state index contributed by atoms with van der Waals surface area (Å²) in [5.41, 5.74) is 2.08. The lowest BCUT2D eigenvalue weighted by atomic mass is 9.83. The molecule has 1 heterocycles. The molecular formula is C24H25NO3. The van der Waals surface area contributed by atoms with E-state index in [1.807, 2.05) is 4.90 Å². The number of ketones is 2. The summed E-state index contributed by atoms with van der Waals surface area (Å²) < 4.78 is 0. The van der Waals surface area contributed by atoms with E-state index in [0.29, 0.717) is 33.7 Å². The molecule has 1 fully saturated rings. The summed E-state index contributed by atoms with van der Waals surface area (Å²) >= 11 is 0. The van der Waals surface area contributed by atoms with Gasteiger partial charge in [0.25, 0.3) is 5.91 Å². The van der Waals surface area contributed by atoms with Gasteiger partial charge in [-0.2, -0.15) is 0 Å². The Morgan fingerprint density at radius 2 is 1.54 bits per heavy atom. The number of hydrogen-bond acceptors (Lipinski definition) is 3. The molecule has 2 aromatic carbocycles. The third-order valence-electron chi connectivity index (χ3n) is 6.04. The minimum atomic E-state index is -0.182. The Bertz CT molecular complexity index is 939. The second-order valence-corrected chi connectivity index (χ2v) is 7.84. The maximum Gasteiger partial charge on any atom is 0.253 e. The van der Waals surface area contributed by atoms with Crippen molar-refractivity contribution in [3.05, 3.63) is 70.3 Å². The molecule has 4 nitrogen and oxygen atoms in total. The van der Waals surface area contributed by atoms with Crippen LogP contribution in [-0.2, 0) is 0 Å². The molecule has 28 heavy (non-hydrogen) atoms. The first-order chi connectivity index (χ1) is 13.6. The van der Waals surface area contributed by atoms with E-state index in [0.717, 1.165) is 25.9 Å². The highest BCUT2D eigenvalue weighted by molar-refractivity contribution is 6.28. The van der Waals surface area contributed by atoms with E-state index >= 15 is 0 Å². The summed E-state index contributed by atoms with van der Waals surface area (Å²) in [4.78, 5) is 40.4. The summed E-state index contributed by atoms with van der Waals surface area (Å²) in [6.45, 7) is 3.74. The molecule has 0 saturated carbocycles. The van der Waals surface area contributed by atoms with E-state index in [-0.39, 0.29) is 17.5 Å². The average Bonchev–Trinajstić information content (AvgIpc) is 2.75. The van der Waals surface area contributed by atoms with Gasteiger partial charge < -0.3 is 4.90 Å². The highest BCUT2D eigenvalue weighted by atomic mass is 16.2. The number of carbonyl (C=O) groups excluding carboxylic acids is 3. The molecule has 2 aromatic rings. The third kappa shape index (κ3) is 3.28. The highest BCUT2D eigenvalue weighted by Gasteiger charge is 2.31. The molecule has 144 valence electrons. The van der Waals surface area contributed by atoms with Crippen molar-refractivity contribution in [3.63, 3.8) is 0 Å². The van der Waals surface area contributed by atoms with Crippen LogP contribution in [0.25, 0.3) is 0 Å². The number of amides is 1. The second kappa shape index (κ2) is 7.70. The third-order valence-corrected chi connectivity index (χ3v) is 6.04. The quantitative estimate of drug-likeness (QED) is 0.674. The summed E-state index contributed by atoms with van der Waals surface area (Å²) in [7, 11) is 0. The van der Waals surface area contributed by atoms with Gasteiger partial charge in [0.1, 0.15) is 0 Å². The van der Waals surface area contributed by atoms with Gasteiger partial charge in [-0.3, -0.25) is 14.4 Å². The fourth-order valence-corrected chi connectivity index (χ4v) is 4.33. The number of likely N-dealkylation sites (tertiary alicyclic amines) is 1. The summed E-state index contributed by atoms with van der Waals surface area (Å²) in [5.74, 6) is 0.332. The topological polar surface area (TPSA) is 54.5 Å². The standard InChI is InChI=1S/C24H25NO3/c1-2-3-6-16-11-13-25(14-12-16)24(28)17-9-10-20-21(15-17)23(27)19-8-5-4-7-18(19)22(20)26/h4-5,7-10,15-16H,2-3,6,11-14H2,1H3. The van der Waals surface area contributed by atoms with Gasteiger partial charge in [0, 0.05) is 40.9 Å². The first-order valence-electron chi connectivity index (χ1n) is 10.2. The predicted octanol–water partition coefficient (Wildman–Crippen LogP) is 4.50. The van der Waals surface area contributed by atoms with Crippen LogP contribution in [0.3, 0.4) is 0 Å². The van der Waals surface area contributed by atoms with E-state index in [9.17, 15) is 14.4 Å². The van der Waals surface area contributed by atoms with Gasteiger partial charge in [0.2, 0.25) is 0 Å². The van der Waals surface area contributed by atoms with Gasteiger partial charge in [-0.05, 0) is 37.0 Å². The van der Waals surface area contributed by atoms with Gasteiger partial charge >= 0.3 is 0 Å². The number of benzene rings is 2. The molecule has 0 atom stereocenters. The number of rotatable bonds is 4. The van der Waals surface area contributed by atoms with E-state index in [4.69, 9.17) is 0 Å². The summed E-state index contributed by atoms with van der Waals surface area (Å²) in [5, 5.41) is 0. The largest absolute Gasteiger partial charge is 0.339 e. The van der Waals surface area contributed by atoms with Crippen molar-refractivity contribution in [2.45, 2.75) is 39.0 Å². The zero-order valence-corrected chi connectivity index (χ0v) is 16.2. The number of unbranched alkanes of at least 4 members (excludes halogenated alkanes) is 1. The molecular weight excluding hydrogens is 350 g/mol. The van der Waals surface area contributed by atoms with Gasteiger partial charge in [0.05, 0.1) is 0 Å². The number of carbonyl (C=O) groups is 3. The Morgan fingerprint density at radius 1 is 0.929 bits per heavy atom. The predicted molar refractivity (Wildman–Crippen MR) is 108 cm³/mol. The van der Waals surface area contributed by atoms with Crippen molar-refractivity contribution < 1.29 is 14.4 Å². The number of piperidine rings is 1. The lowest BCUT2D eigenvalue weighted by Gasteiger charge is -2.32. The van der Waals surface area contributed by atoms with Crippen molar-refractivity contribution >= 4 is 17.5 Å². The smallest absolute Gasteiger partial charge is 0.253 e. The maximum atomic E-state index is 13.0. The van der Waals surface area contributed by atoms with Crippen LogP contribution in [0.4, 0.5) is 0 Å². The van der Waals surface area contributed by atoms with Gasteiger partial charge in [0.15, 0.2) is 11.6 Å². The molecule has 4 heteroatoms. The zero-order valence-electron chi connectivity index (χ0n) is 16.2. The van der Waals surface area contributed by atoms with Gasteiger partial charge in [-0.15, -0.1) is 0 Å². The van der Waals surface area contributed by atoms with E-state index in [1.54, 1.807) is 42.5 Å². The minimum absolute atomic E-state index is 0.0455. The van der Waals surface area contributed by atoms with E-state index in [1.165, 1.54) is 19.3 Å². The molecule has 0 N–H and O–H groups in total. The number of fused-ring (bicyclic) bond motifs is 2. The van der Waals surface area contributed by atoms with Crippen LogP contribution in [0.5, 0.6) is 0 Å². The Kier molecular flexibility index (Phi) is 5.12. The Labute approximate surface area is 165 Å². The fraction of sp³-hybridized carbons (Fsp3) is 0.375. The lowest BCUT2D eigenvalue weighted by molar-refractivity contribution is 0.0685. The van der Waals surface area contributed by atoms with Crippen LogP contribution in [0.15, 0.2) is 42.5 Å². The SMILES string of the molecule is CCCCC1CCN(C(=O)c2ccc3c(c2)C(=O)c2ccccc2C3=O)CC1. The van der Waals surface area contributed by atoms with E-state index in [2.05, 4.69) is 6.92 Å². The number of nitrogens with zero attached hydrogens (tertiary/aromatic N) is 1. The van der Waals surface area contributed by atoms with E-state index < -0.39 is 0 Å².